The van der Waals surface area contributed by atoms with Crippen molar-refractivity contribution in [2.24, 2.45) is 0 Å². The lowest BCUT2D eigenvalue weighted by molar-refractivity contribution is -0.858. The highest BCUT2D eigenvalue weighted by atomic mass is 35.5. The number of nitrogens with zero attached hydrogens (tertiary/aromatic N) is 3. The highest BCUT2D eigenvalue weighted by molar-refractivity contribution is 6.46. The van der Waals surface area contributed by atoms with Crippen LogP contribution in [0.4, 0.5) is 0 Å². The molecule has 0 aliphatic carbocycles. The first kappa shape index (κ1) is 23.0. The molecule has 1 aromatic carbocycles. The lowest BCUT2D eigenvalue weighted by Crippen LogP contribution is -3.05. The molecule has 0 bridgehead atoms. The number of aryl methyl sites for hydroxylation is 2. The molecule has 0 saturated carbocycles. The summed E-state index contributed by atoms with van der Waals surface area (Å²) in [5.74, 6) is -1.86. The van der Waals surface area contributed by atoms with Crippen LogP contribution in [0.25, 0.3) is 11.4 Å². The van der Waals surface area contributed by atoms with Gasteiger partial charge in [0.2, 0.25) is 5.78 Å². The number of Topliss-reactive ketones (excluding diaryl/α,β-unsaturated/α-hetero) is 1. The van der Waals surface area contributed by atoms with Gasteiger partial charge in [0, 0.05) is 29.8 Å². The number of hydrogen-bond acceptors (Lipinski definition) is 4. The lowest BCUT2D eigenvalue weighted by atomic mass is 9.96. The van der Waals surface area contributed by atoms with Crippen LogP contribution in [0.1, 0.15) is 35.0 Å². The zero-order valence-corrected chi connectivity index (χ0v) is 19.9. The number of amides is 1. The molecule has 1 saturated heterocycles. The molecule has 3 heterocycles. The summed E-state index contributed by atoms with van der Waals surface area (Å²) >= 11 is 6.08. The molecule has 7 nitrogen and oxygen atoms in total. The van der Waals surface area contributed by atoms with E-state index < -0.39 is 23.5 Å². The van der Waals surface area contributed by atoms with Crippen LogP contribution in [0, 0.1) is 13.8 Å². The molecule has 0 spiro atoms. The molecule has 1 fully saturated rings. The van der Waals surface area contributed by atoms with Crippen LogP contribution >= 0.6 is 11.6 Å². The Morgan fingerprint density at radius 2 is 1.85 bits per heavy atom. The van der Waals surface area contributed by atoms with Crippen molar-refractivity contribution in [1.82, 2.24) is 14.3 Å². The number of nitrogens with one attached hydrogen (secondary N) is 1. The number of fused-ring (bicyclic) bond motifs is 1. The number of carbonyl (C=O) groups excluding carboxylic acids is 2. The second-order valence-corrected chi connectivity index (χ2v) is 9.20. The molecule has 0 radical (unpaired) electrons. The Labute approximate surface area is 197 Å². The molecule has 1 aliphatic rings. The summed E-state index contributed by atoms with van der Waals surface area (Å²) in [6, 6.07) is 9.93. The van der Waals surface area contributed by atoms with Crippen molar-refractivity contribution in [2.75, 3.05) is 27.2 Å². The molecule has 172 valence electrons. The number of benzene rings is 1. The summed E-state index contributed by atoms with van der Waals surface area (Å²) in [6.07, 6.45) is 2.47. The average Bonchev–Trinajstić information content (AvgIpc) is 3.23. The number of likely N-dealkylation sites (tertiary alicyclic amines) is 1. The van der Waals surface area contributed by atoms with E-state index in [9.17, 15) is 14.7 Å². The molecule has 3 aromatic rings. The third-order valence-corrected chi connectivity index (χ3v) is 6.28. The van der Waals surface area contributed by atoms with Gasteiger partial charge in [0.25, 0.3) is 5.91 Å². The van der Waals surface area contributed by atoms with Crippen LogP contribution in [-0.2, 0) is 9.59 Å². The van der Waals surface area contributed by atoms with Gasteiger partial charge < -0.3 is 19.3 Å². The molecule has 33 heavy (non-hydrogen) atoms. The number of quaternary nitrogens is 1. The standard InChI is InChI=1S/C25H27ClN4O3/c1-15-7-5-13-29-20(16(2)27-24(15)29)22(31)19-21(17-8-10-18(26)11-9-17)30(25(33)23(19)32)14-6-12-28(3)4/h5,7-11,13,21,31H,6,12,14H2,1-4H3. The zero-order valence-electron chi connectivity index (χ0n) is 19.2. The molecule has 1 aliphatic heterocycles. The molecular formula is C25H27ClN4O3. The van der Waals surface area contributed by atoms with Crippen molar-refractivity contribution in [2.45, 2.75) is 26.3 Å². The highest BCUT2D eigenvalue weighted by Gasteiger charge is 2.44. The second kappa shape index (κ2) is 9.00. The van der Waals surface area contributed by atoms with Crippen LogP contribution in [-0.4, -0.2) is 53.2 Å². The van der Waals surface area contributed by atoms with Crippen molar-refractivity contribution in [3.63, 3.8) is 0 Å². The van der Waals surface area contributed by atoms with E-state index in [0.29, 0.717) is 40.6 Å². The maximum Gasteiger partial charge on any atom is 0.295 e. The van der Waals surface area contributed by atoms with Gasteiger partial charge in [0.15, 0.2) is 0 Å². The van der Waals surface area contributed by atoms with Gasteiger partial charge in [0.1, 0.15) is 5.65 Å². The fourth-order valence-corrected chi connectivity index (χ4v) is 4.54. The number of ketones is 1. The van der Waals surface area contributed by atoms with E-state index in [2.05, 4.69) is 4.98 Å². The highest BCUT2D eigenvalue weighted by Crippen LogP contribution is 2.39. The number of imidazole rings is 1. The number of hydrogen-bond donors (Lipinski definition) is 1. The Hall–Kier alpha value is -3.16. The lowest BCUT2D eigenvalue weighted by Gasteiger charge is -2.27. The SMILES string of the molecule is Cc1nc2c(C)cccn2c1C([O-])=C1C(=O)C(=O)N(CCC[NH+](C)C)C1c1ccc(Cl)cc1. The molecule has 2 aromatic heterocycles. The second-order valence-electron chi connectivity index (χ2n) is 8.77. The smallest absolute Gasteiger partial charge is 0.295 e. The first-order valence-electron chi connectivity index (χ1n) is 11.0. The summed E-state index contributed by atoms with van der Waals surface area (Å²) in [7, 11) is 4.06. The number of halogens is 1. The first-order chi connectivity index (χ1) is 15.7. The molecule has 1 unspecified atom stereocenters. The van der Waals surface area contributed by atoms with Crippen LogP contribution in [0.5, 0.6) is 0 Å². The Bertz CT molecular complexity index is 1260. The quantitative estimate of drug-likeness (QED) is 0.338. The van der Waals surface area contributed by atoms with E-state index in [1.807, 2.05) is 33.2 Å². The predicted molar refractivity (Wildman–Crippen MR) is 125 cm³/mol. The number of rotatable bonds is 6. The number of pyridine rings is 1. The van der Waals surface area contributed by atoms with E-state index in [-0.39, 0.29) is 5.57 Å². The Morgan fingerprint density at radius 3 is 2.52 bits per heavy atom. The van der Waals surface area contributed by atoms with E-state index in [4.69, 9.17) is 11.6 Å². The molecule has 4 rings (SSSR count). The Balaban J connectivity index is 1.89. The van der Waals surface area contributed by atoms with E-state index >= 15 is 0 Å². The Morgan fingerprint density at radius 1 is 1.15 bits per heavy atom. The van der Waals surface area contributed by atoms with Gasteiger partial charge in [0.05, 0.1) is 38.1 Å². The topological polar surface area (TPSA) is 82.2 Å². The van der Waals surface area contributed by atoms with Gasteiger partial charge >= 0.3 is 0 Å². The van der Waals surface area contributed by atoms with Crippen LogP contribution in [0.2, 0.25) is 5.02 Å². The van der Waals surface area contributed by atoms with Gasteiger partial charge in [-0.05, 0) is 43.2 Å². The minimum absolute atomic E-state index is 0.0362. The average molecular weight is 467 g/mol. The summed E-state index contributed by atoms with van der Waals surface area (Å²) < 4.78 is 1.70. The van der Waals surface area contributed by atoms with Crippen LogP contribution in [0.3, 0.4) is 0 Å². The van der Waals surface area contributed by atoms with Crippen molar-refractivity contribution < 1.29 is 19.6 Å². The van der Waals surface area contributed by atoms with Crippen molar-refractivity contribution in [3.8, 4) is 0 Å². The van der Waals surface area contributed by atoms with Crippen LogP contribution in [0.15, 0.2) is 48.2 Å². The number of carbonyl (C=O) groups is 2. The molecular weight excluding hydrogens is 440 g/mol. The fourth-order valence-electron chi connectivity index (χ4n) is 4.41. The third-order valence-electron chi connectivity index (χ3n) is 6.03. The minimum atomic E-state index is -0.762. The molecule has 1 N–H and O–H groups in total. The normalized spacial score (nSPS) is 18.1. The number of aromatic nitrogens is 2. The van der Waals surface area contributed by atoms with Gasteiger partial charge in [-0.2, -0.15) is 0 Å². The third kappa shape index (κ3) is 4.14. The van der Waals surface area contributed by atoms with Crippen molar-refractivity contribution in [3.05, 3.63) is 75.7 Å². The van der Waals surface area contributed by atoms with E-state index in [0.717, 1.165) is 12.1 Å². The predicted octanol–water partition coefficient (Wildman–Crippen LogP) is 1.36. The fraction of sp³-hybridized carbons (Fsp3) is 0.320. The first-order valence-corrected chi connectivity index (χ1v) is 11.3. The molecule has 8 heteroatoms. The van der Waals surface area contributed by atoms with Crippen molar-refractivity contribution >= 4 is 34.7 Å². The van der Waals surface area contributed by atoms with Gasteiger partial charge in [-0.15, -0.1) is 0 Å². The van der Waals surface area contributed by atoms with Crippen LogP contribution < -0.4 is 10.0 Å². The maximum atomic E-state index is 13.9. The van der Waals surface area contributed by atoms with Gasteiger partial charge in [-0.3, -0.25) is 9.59 Å². The minimum Gasteiger partial charge on any atom is -0.871 e. The Kier molecular flexibility index (Phi) is 6.28. The van der Waals surface area contributed by atoms with Gasteiger partial charge in [-0.25, -0.2) is 4.98 Å². The molecule has 1 atom stereocenters. The van der Waals surface area contributed by atoms with E-state index in [1.54, 1.807) is 41.8 Å². The monoisotopic (exact) mass is 466 g/mol. The van der Waals surface area contributed by atoms with Gasteiger partial charge in [-0.1, -0.05) is 35.6 Å². The summed E-state index contributed by atoms with van der Waals surface area (Å²) in [4.78, 5) is 33.6. The zero-order chi connectivity index (χ0) is 23.9. The summed E-state index contributed by atoms with van der Waals surface area (Å²) in [6.45, 7) is 4.88. The largest absolute Gasteiger partial charge is 0.871 e. The maximum absolute atomic E-state index is 13.9. The molecule has 1 amide bonds. The summed E-state index contributed by atoms with van der Waals surface area (Å²) in [5.41, 5.74) is 3.05. The van der Waals surface area contributed by atoms with E-state index in [1.165, 1.54) is 9.80 Å². The summed E-state index contributed by atoms with van der Waals surface area (Å²) in [5, 5.41) is 14.4. The van der Waals surface area contributed by atoms with Crippen molar-refractivity contribution in [1.29, 1.82) is 0 Å².